The van der Waals surface area contributed by atoms with Crippen molar-refractivity contribution in [1.29, 1.82) is 0 Å². The highest BCUT2D eigenvalue weighted by Crippen LogP contribution is 2.24. The van der Waals surface area contributed by atoms with Crippen LogP contribution in [0.25, 0.3) is 0 Å². The molecule has 1 aromatic heterocycles. The summed E-state index contributed by atoms with van der Waals surface area (Å²) >= 11 is 0. The van der Waals surface area contributed by atoms with Crippen molar-refractivity contribution in [3.05, 3.63) is 54.0 Å². The fourth-order valence-electron chi connectivity index (χ4n) is 3.38. The smallest absolute Gasteiger partial charge is 0.287 e. The van der Waals surface area contributed by atoms with Gasteiger partial charge in [-0.1, -0.05) is 32.4 Å². The van der Waals surface area contributed by atoms with Crippen molar-refractivity contribution in [2.24, 2.45) is 5.92 Å². The zero-order valence-electron chi connectivity index (χ0n) is 16.6. The summed E-state index contributed by atoms with van der Waals surface area (Å²) < 4.78 is 5.15. The van der Waals surface area contributed by atoms with E-state index in [1.807, 2.05) is 24.3 Å². The van der Waals surface area contributed by atoms with Crippen LogP contribution < -0.4 is 15.5 Å². The Labute approximate surface area is 166 Å². The van der Waals surface area contributed by atoms with Crippen LogP contribution in [0.5, 0.6) is 0 Å². The molecule has 6 nitrogen and oxygen atoms in total. The lowest BCUT2D eigenvalue weighted by atomic mass is 10.0. The molecule has 2 amide bonds. The maximum Gasteiger partial charge on any atom is 0.287 e. The minimum absolute atomic E-state index is 0.0239. The molecule has 1 aromatic carbocycles. The second-order valence-electron chi connectivity index (χ2n) is 7.45. The van der Waals surface area contributed by atoms with E-state index in [1.165, 1.54) is 6.26 Å². The van der Waals surface area contributed by atoms with Crippen LogP contribution in [0.1, 0.15) is 54.0 Å². The van der Waals surface area contributed by atoms with Gasteiger partial charge in [-0.05, 0) is 43.0 Å². The van der Waals surface area contributed by atoms with Crippen molar-refractivity contribution in [3.63, 3.8) is 0 Å². The zero-order valence-corrected chi connectivity index (χ0v) is 16.6. The first-order valence-corrected chi connectivity index (χ1v) is 10.0. The van der Waals surface area contributed by atoms with Gasteiger partial charge in [-0.3, -0.25) is 9.59 Å². The van der Waals surface area contributed by atoms with Gasteiger partial charge in [0.15, 0.2) is 5.76 Å². The number of nitrogens with one attached hydrogen (secondary N) is 2. The summed E-state index contributed by atoms with van der Waals surface area (Å²) in [4.78, 5) is 27.0. The Morgan fingerprint density at radius 1 is 1.14 bits per heavy atom. The highest BCUT2D eigenvalue weighted by molar-refractivity contribution is 5.99. The SMILES string of the molecule is CC[C@H](C)CNC(=O)c1ccccc1N1CCC(NC(=O)c2ccco2)CC1. The second kappa shape index (κ2) is 9.44. The van der Waals surface area contributed by atoms with Gasteiger partial charge in [0.2, 0.25) is 0 Å². The third kappa shape index (κ3) is 4.94. The van der Waals surface area contributed by atoms with Crippen LogP contribution >= 0.6 is 0 Å². The van der Waals surface area contributed by atoms with E-state index in [-0.39, 0.29) is 17.9 Å². The third-order valence-corrected chi connectivity index (χ3v) is 5.37. The molecule has 0 aliphatic carbocycles. The molecule has 0 bridgehead atoms. The topological polar surface area (TPSA) is 74.6 Å². The van der Waals surface area contributed by atoms with E-state index < -0.39 is 0 Å². The molecule has 2 heterocycles. The van der Waals surface area contributed by atoms with Crippen LogP contribution in [-0.2, 0) is 0 Å². The van der Waals surface area contributed by atoms with Gasteiger partial charge in [0, 0.05) is 31.4 Å². The molecule has 0 radical (unpaired) electrons. The lowest BCUT2D eigenvalue weighted by Gasteiger charge is -2.34. The van der Waals surface area contributed by atoms with Crippen molar-refractivity contribution in [2.75, 3.05) is 24.5 Å². The van der Waals surface area contributed by atoms with Crippen molar-refractivity contribution < 1.29 is 14.0 Å². The lowest BCUT2D eigenvalue weighted by molar-refractivity contribution is 0.0902. The Morgan fingerprint density at radius 2 is 1.89 bits per heavy atom. The molecule has 0 spiro atoms. The standard InChI is InChI=1S/C22H29N3O3/c1-3-16(2)15-23-21(26)18-7-4-5-8-19(18)25-12-10-17(11-13-25)24-22(27)20-9-6-14-28-20/h4-9,14,16-17H,3,10-13,15H2,1-2H3,(H,23,26)(H,24,27)/t16-/m0/s1. The summed E-state index contributed by atoms with van der Waals surface area (Å²) in [5, 5.41) is 6.08. The number of hydrogen-bond donors (Lipinski definition) is 2. The Hall–Kier alpha value is -2.76. The van der Waals surface area contributed by atoms with Gasteiger partial charge < -0.3 is 20.0 Å². The number of anilines is 1. The first-order valence-electron chi connectivity index (χ1n) is 10.0. The van der Waals surface area contributed by atoms with Crippen molar-refractivity contribution in [2.45, 2.75) is 39.2 Å². The van der Waals surface area contributed by atoms with Gasteiger partial charge in [0.25, 0.3) is 11.8 Å². The fraction of sp³-hybridized carbons (Fsp3) is 0.455. The molecular weight excluding hydrogens is 354 g/mol. The molecule has 28 heavy (non-hydrogen) atoms. The molecule has 0 saturated carbocycles. The Bertz CT molecular complexity index is 780. The van der Waals surface area contributed by atoms with E-state index in [9.17, 15) is 9.59 Å². The Balaban J connectivity index is 1.58. The largest absolute Gasteiger partial charge is 0.459 e. The van der Waals surface area contributed by atoms with E-state index in [0.29, 0.717) is 23.8 Å². The van der Waals surface area contributed by atoms with Crippen molar-refractivity contribution in [1.82, 2.24) is 10.6 Å². The van der Waals surface area contributed by atoms with E-state index in [2.05, 4.69) is 29.4 Å². The summed E-state index contributed by atoms with van der Waals surface area (Å²) in [6, 6.07) is 11.2. The van der Waals surface area contributed by atoms with Gasteiger partial charge in [-0.15, -0.1) is 0 Å². The molecule has 2 N–H and O–H groups in total. The summed E-state index contributed by atoms with van der Waals surface area (Å²) in [5.74, 6) is 0.604. The van der Waals surface area contributed by atoms with Gasteiger partial charge >= 0.3 is 0 Å². The zero-order chi connectivity index (χ0) is 19.9. The van der Waals surface area contributed by atoms with E-state index in [0.717, 1.165) is 38.0 Å². The van der Waals surface area contributed by atoms with Crippen LogP contribution in [0.15, 0.2) is 47.1 Å². The minimum atomic E-state index is -0.173. The normalized spacial score (nSPS) is 15.9. The molecule has 2 aromatic rings. The summed E-state index contributed by atoms with van der Waals surface area (Å²) in [6.45, 7) is 6.52. The number of hydrogen-bond acceptors (Lipinski definition) is 4. The molecule has 6 heteroatoms. The van der Waals surface area contributed by atoms with Crippen LogP contribution in [0.3, 0.4) is 0 Å². The van der Waals surface area contributed by atoms with Crippen LogP contribution in [0.4, 0.5) is 5.69 Å². The average molecular weight is 383 g/mol. The Morgan fingerprint density at radius 3 is 2.57 bits per heavy atom. The molecule has 1 aliphatic rings. The summed E-state index contributed by atoms with van der Waals surface area (Å²) in [6.07, 6.45) is 4.20. The van der Waals surface area contributed by atoms with Crippen molar-refractivity contribution >= 4 is 17.5 Å². The van der Waals surface area contributed by atoms with Gasteiger partial charge in [0.1, 0.15) is 0 Å². The summed E-state index contributed by atoms with van der Waals surface area (Å²) in [5.41, 5.74) is 1.67. The lowest BCUT2D eigenvalue weighted by Crippen LogP contribution is -2.45. The number of nitrogens with zero attached hydrogens (tertiary/aromatic N) is 1. The Kier molecular flexibility index (Phi) is 6.74. The molecule has 1 saturated heterocycles. The number of amides is 2. The second-order valence-corrected chi connectivity index (χ2v) is 7.45. The quantitative estimate of drug-likeness (QED) is 0.768. The molecule has 1 aliphatic heterocycles. The number of furan rings is 1. The van der Waals surface area contributed by atoms with Gasteiger partial charge in [0.05, 0.1) is 11.8 Å². The average Bonchev–Trinajstić information content (AvgIpc) is 3.27. The van der Waals surface area contributed by atoms with E-state index >= 15 is 0 Å². The molecule has 150 valence electrons. The van der Waals surface area contributed by atoms with Crippen molar-refractivity contribution in [3.8, 4) is 0 Å². The monoisotopic (exact) mass is 383 g/mol. The molecule has 1 atom stereocenters. The number of carbonyl (C=O) groups excluding carboxylic acids is 2. The highest BCUT2D eigenvalue weighted by Gasteiger charge is 2.24. The van der Waals surface area contributed by atoms with Crippen LogP contribution in [0, 0.1) is 5.92 Å². The number of carbonyl (C=O) groups is 2. The number of rotatable bonds is 7. The van der Waals surface area contributed by atoms with Gasteiger partial charge in [-0.2, -0.15) is 0 Å². The maximum atomic E-state index is 12.7. The molecule has 1 fully saturated rings. The minimum Gasteiger partial charge on any atom is -0.459 e. The third-order valence-electron chi connectivity index (χ3n) is 5.37. The molecular formula is C22H29N3O3. The number of piperidine rings is 1. The molecule has 0 unspecified atom stereocenters. The molecule has 3 rings (SSSR count). The van der Waals surface area contributed by atoms with E-state index in [4.69, 9.17) is 4.42 Å². The van der Waals surface area contributed by atoms with Gasteiger partial charge in [-0.25, -0.2) is 0 Å². The highest BCUT2D eigenvalue weighted by atomic mass is 16.3. The number of para-hydroxylation sites is 1. The van der Waals surface area contributed by atoms with Crippen LogP contribution in [0.2, 0.25) is 0 Å². The fourth-order valence-corrected chi connectivity index (χ4v) is 3.38. The predicted molar refractivity (Wildman–Crippen MR) is 110 cm³/mol. The predicted octanol–water partition coefficient (Wildman–Crippen LogP) is 3.45. The van der Waals surface area contributed by atoms with Crippen LogP contribution in [-0.4, -0.2) is 37.5 Å². The first kappa shape index (κ1) is 20.0. The van der Waals surface area contributed by atoms with E-state index in [1.54, 1.807) is 12.1 Å². The number of benzene rings is 1. The first-order chi connectivity index (χ1) is 13.6. The summed E-state index contributed by atoms with van der Waals surface area (Å²) in [7, 11) is 0. The maximum absolute atomic E-state index is 12.7.